The zero-order valence-corrected chi connectivity index (χ0v) is 18.6. The number of benzene rings is 2. The average Bonchev–Trinajstić information content (AvgIpc) is 3.07. The molecule has 2 aliphatic heterocycles. The van der Waals surface area contributed by atoms with Gasteiger partial charge in [0.1, 0.15) is 0 Å². The van der Waals surface area contributed by atoms with E-state index in [9.17, 15) is 18.0 Å². The van der Waals surface area contributed by atoms with Gasteiger partial charge in [0.25, 0.3) is 5.91 Å². The predicted molar refractivity (Wildman–Crippen MR) is 116 cm³/mol. The zero-order valence-electron chi connectivity index (χ0n) is 17.0. The first-order chi connectivity index (χ1) is 14.9. The van der Waals surface area contributed by atoms with Crippen LogP contribution in [-0.4, -0.2) is 68.2 Å². The third kappa shape index (κ3) is 4.67. The van der Waals surface area contributed by atoms with Crippen molar-refractivity contribution in [1.29, 1.82) is 0 Å². The van der Waals surface area contributed by atoms with E-state index >= 15 is 0 Å². The van der Waals surface area contributed by atoms with Crippen LogP contribution in [0.1, 0.15) is 12.0 Å². The number of imide groups is 1. The SMILES string of the molecule is O=C1C[C@H]([NH+]2CCN(S(=O)(=O)c3ccc(Cl)cc3)CC2)C(=O)N1CCc1ccccc1. The van der Waals surface area contributed by atoms with Crippen molar-refractivity contribution in [3.05, 3.63) is 65.2 Å². The van der Waals surface area contributed by atoms with Gasteiger partial charge in [-0.3, -0.25) is 14.5 Å². The van der Waals surface area contributed by atoms with Gasteiger partial charge in [0, 0.05) is 11.6 Å². The van der Waals surface area contributed by atoms with Gasteiger partial charge >= 0.3 is 0 Å². The summed E-state index contributed by atoms with van der Waals surface area (Å²) in [6.07, 6.45) is 0.820. The molecular weight excluding hydrogens is 438 g/mol. The number of carbonyl (C=O) groups excluding carboxylic acids is 2. The highest BCUT2D eigenvalue weighted by atomic mass is 35.5. The van der Waals surface area contributed by atoms with E-state index in [1.165, 1.54) is 21.3 Å². The highest BCUT2D eigenvalue weighted by Crippen LogP contribution is 2.19. The average molecular weight is 463 g/mol. The molecule has 0 aliphatic carbocycles. The molecule has 0 radical (unpaired) electrons. The fraction of sp³-hybridized carbons (Fsp3) is 0.364. The van der Waals surface area contributed by atoms with Crippen LogP contribution in [0, 0.1) is 0 Å². The van der Waals surface area contributed by atoms with Crippen molar-refractivity contribution in [2.75, 3.05) is 32.7 Å². The number of sulfonamides is 1. The van der Waals surface area contributed by atoms with Crippen LogP contribution in [0.4, 0.5) is 0 Å². The van der Waals surface area contributed by atoms with E-state index < -0.39 is 16.1 Å². The summed E-state index contributed by atoms with van der Waals surface area (Å²) in [4.78, 5) is 27.9. The minimum atomic E-state index is -3.60. The minimum Gasteiger partial charge on any atom is -0.322 e. The Kier molecular flexibility index (Phi) is 6.43. The Bertz CT molecular complexity index is 1050. The first kappa shape index (κ1) is 22.0. The molecule has 1 N–H and O–H groups in total. The van der Waals surface area contributed by atoms with Crippen LogP contribution in [0.3, 0.4) is 0 Å². The molecule has 0 spiro atoms. The standard InChI is InChI=1S/C22H24ClN3O4S/c23-18-6-8-19(9-7-18)31(29,30)25-14-12-24(13-15-25)20-16-21(27)26(22(20)28)11-10-17-4-2-1-3-5-17/h1-9,20H,10-16H2/p+1/t20-/m0/s1. The number of quaternary nitrogens is 1. The van der Waals surface area contributed by atoms with E-state index in [-0.39, 0.29) is 23.1 Å². The van der Waals surface area contributed by atoms with Gasteiger partial charge in [0.05, 0.1) is 37.5 Å². The first-order valence-corrected chi connectivity index (χ1v) is 12.2. The van der Waals surface area contributed by atoms with Crippen LogP contribution < -0.4 is 4.90 Å². The molecule has 7 nitrogen and oxygen atoms in total. The Hall–Kier alpha value is -2.26. The Morgan fingerprint density at radius 2 is 1.61 bits per heavy atom. The number of hydrogen-bond donors (Lipinski definition) is 1. The third-order valence-corrected chi connectivity index (χ3v) is 8.18. The fourth-order valence-corrected chi connectivity index (χ4v) is 5.81. The topological polar surface area (TPSA) is 79.2 Å². The second kappa shape index (κ2) is 9.08. The zero-order chi connectivity index (χ0) is 22.0. The van der Waals surface area contributed by atoms with Crippen LogP contribution in [0.15, 0.2) is 59.5 Å². The van der Waals surface area contributed by atoms with Crippen LogP contribution in [-0.2, 0) is 26.0 Å². The molecule has 2 saturated heterocycles. The summed E-state index contributed by atoms with van der Waals surface area (Å²) in [5.74, 6) is -0.292. The Morgan fingerprint density at radius 3 is 2.26 bits per heavy atom. The van der Waals surface area contributed by atoms with Crippen LogP contribution >= 0.6 is 11.6 Å². The van der Waals surface area contributed by atoms with Gasteiger partial charge in [-0.25, -0.2) is 8.42 Å². The maximum absolute atomic E-state index is 12.9. The molecule has 1 atom stereocenters. The van der Waals surface area contributed by atoms with Crippen molar-refractivity contribution in [3.8, 4) is 0 Å². The smallest absolute Gasteiger partial charge is 0.288 e. The first-order valence-electron chi connectivity index (χ1n) is 10.3. The monoisotopic (exact) mass is 462 g/mol. The molecule has 0 saturated carbocycles. The number of carbonyl (C=O) groups is 2. The Balaban J connectivity index is 1.36. The second-order valence-corrected chi connectivity index (χ2v) is 10.3. The van der Waals surface area contributed by atoms with Crippen molar-refractivity contribution in [2.24, 2.45) is 0 Å². The van der Waals surface area contributed by atoms with Gasteiger partial charge in [-0.15, -0.1) is 0 Å². The fourth-order valence-electron chi connectivity index (χ4n) is 4.24. The van der Waals surface area contributed by atoms with Gasteiger partial charge in [0.2, 0.25) is 15.9 Å². The lowest BCUT2D eigenvalue weighted by molar-refractivity contribution is -0.918. The van der Waals surface area contributed by atoms with Crippen LogP contribution in [0.25, 0.3) is 0 Å². The predicted octanol–water partition coefficient (Wildman–Crippen LogP) is 0.599. The van der Waals surface area contributed by atoms with E-state index in [0.29, 0.717) is 44.2 Å². The lowest BCUT2D eigenvalue weighted by Crippen LogP contribution is -3.19. The molecule has 0 unspecified atom stereocenters. The molecular formula is C22H25ClN3O4S+. The second-order valence-electron chi connectivity index (χ2n) is 7.89. The molecule has 2 aliphatic rings. The molecule has 164 valence electrons. The minimum absolute atomic E-state index is 0.144. The summed E-state index contributed by atoms with van der Waals surface area (Å²) >= 11 is 5.86. The summed E-state index contributed by atoms with van der Waals surface area (Å²) in [6.45, 7) is 1.97. The lowest BCUT2D eigenvalue weighted by atomic mass is 10.1. The molecule has 9 heteroatoms. The molecule has 2 fully saturated rings. The van der Waals surface area contributed by atoms with Crippen molar-refractivity contribution < 1.29 is 22.9 Å². The lowest BCUT2D eigenvalue weighted by Gasteiger charge is -2.33. The molecule has 31 heavy (non-hydrogen) atoms. The van der Waals surface area contributed by atoms with E-state index in [1.807, 2.05) is 30.3 Å². The van der Waals surface area contributed by atoms with E-state index in [4.69, 9.17) is 11.6 Å². The molecule has 2 aromatic rings. The highest BCUT2D eigenvalue weighted by Gasteiger charge is 2.46. The summed E-state index contributed by atoms with van der Waals surface area (Å²) in [6, 6.07) is 15.5. The number of nitrogens with one attached hydrogen (secondary N) is 1. The molecule has 2 heterocycles. The molecule has 0 bridgehead atoms. The molecule has 4 rings (SSSR count). The highest BCUT2D eigenvalue weighted by molar-refractivity contribution is 7.89. The molecule has 0 aromatic heterocycles. The normalized spacial score (nSPS) is 21.1. The number of hydrogen-bond acceptors (Lipinski definition) is 4. The summed E-state index contributed by atoms with van der Waals surface area (Å²) < 4.78 is 27.2. The van der Waals surface area contributed by atoms with Crippen molar-refractivity contribution >= 4 is 33.4 Å². The summed E-state index contributed by atoms with van der Waals surface area (Å²) in [5.41, 5.74) is 1.08. The molecule has 2 aromatic carbocycles. The van der Waals surface area contributed by atoms with Crippen LogP contribution in [0.5, 0.6) is 0 Å². The van der Waals surface area contributed by atoms with Crippen LogP contribution in [0.2, 0.25) is 5.02 Å². The number of piperazine rings is 1. The van der Waals surface area contributed by atoms with Gasteiger partial charge in [-0.2, -0.15) is 4.31 Å². The summed E-state index contributed by atoms with van der Waals surface area (Å²) in [7, 11) is -3.60. The van der Waals surface area contributed by atoms with E-state index in [2.05, 4.69) is 0 Å². The number of nitrogens with zero attached hydrogens (tertiary/aromatic N) is 2. The van der Waals surface area contributed by atoms with Crippen molar-refractivity contribution in [1.82, 2.24) is 9.21 Å². The number of rotatable bonds is 6. The molecule has 2 amide bonds. The van der Waals surface area contributed by atoms with Gasteiger partial charge in [-0.1, -0.05) is 41.9 Å². The number of likely N-dealkylation sites (tertiary alicyclic amines) is 1. The van der Waals surface area contributed by atoms with Crippen molar-refractivity contribution in [2.45, 2.75) is 23.8 Å². The number of amides is 2. The quantitative estimate of drug-likeness (QED) is 0.638. The third-order valence-electron chi connectivity index (χ3n) is 6.02. The van der Waals surface area contributed by atoms with Crippen molar-refractivity contribution in [3.63, 3.8) is 0 Å². The van der Waals surface area contributed by atoms with E-state index in [1.54, 1.807) is 12.1 Å². The van der Waals surface area contributed by atoms with Gasteiger partial charge in [-0.05, 0) is 36.2 Å². The maximum Gasteiger partial charge on any atom is 0.288 e. The van der Waals surface area contributed by atoms with Gasteiger partial charge < -0.3 is 4.90 Å². The largest absolute Gasteiger partial charge is 0.322 e. The number of halogens is 1. The van der Waals surface area contributed by atoms with Gasteiger partial charge in [0.15, 0.2) is 6.04 Å². The maximum atomic E-state index is 12.9. The summed E-state index contributed by atoms with van der Waals surface area (Å²) in [5, 5.41) is 0.481. The Labute approximate surface area is 187 Å². The van der Waals surface area contributed by atoms with E-state index in [0.717, 1.165) is 10.5 Å². The Morgan fingerprint density at radius 1 is 0.968 bits per heavy atom.